The van der Waals surface area contributed by atoms with Gasteiger partial charge in [-0.2, -0.15) is 0 Å². The van der Waals surface area contributed by atoms with Gasteiger partial charge in [0.15, 0.2) is 5.82 Å². The molecule has 0 spiro atoms. The summed E-state index contributed by atoms with van der Waals surface area (Å²) in [7, 11) is -1.22. The van der Waals surface area contributed by atoms with Crippen LogP contribution in [0.25, 0.3) is 0 Å². The van der Waals surface area contributed by atoms with Gasteiger partial charge in [-0.3, -0.25) is 4.21 Å². The van der Waals surface area contributed by atoms with E-state index in [0.29, 0.717) is 11.7 Å². The number of aromatic nitrogens is 2. The predicted molar refractivity (Wildman–Crippen MR) is 58.9 cm³/mol. The molecule has 88 valence electrons. The summed E-state index contributed by atoms with van der Waals surface area (Å²) < 4.78 is 24.4. The van der Waals surface area contributed by atoms with Crippen LogP contribution in [-0.2, 0) is 10.8 Å². The van der Waals surface area contributed by atoms with E-state index in [2.05, 4.69) is 15.3 Å². The number of hydrogen-bond donors (Lipinski definition) is 1. The van der Waals surface area contributed by atoms with Crippen LogP contribution in [0.2, 0.25) is 0 Å². The lowest BCUT2D eigenvalue weighted by Crippen LogP contribution is -2.32. The molecule has 0 aliphatic carbocycles. The predicted octanol–water partition coefficient (Wildman–Crippen LogP) is 0.723. The summed E-state index contributed by atoms with van der Waals surface area (Å²) in [4.78, 5) is 7.47. The van der Waals surface area contributed by atoms with Gasteiger partial charge in [-0.1, -0.05) is 0 Å². The molecule has 0 aromatic carbocycles. The summed E-state index contributed by atoms with van der Waals surface area (Å²) in [5.41, 5.74) is 0. The summed E-state index contributed by atoms with van der Waals surface area (Å²) in [6.07, 6.45) is 4.31. The maximum Gasteiger partial charge on any atom is 0.218 e. The Morgan fingerprint density at radius 3 is 2.88 bits per heavy atom. The Hall–Kier alpha value is -0.880. The molecule has 1 saturated heterocycles. The molecule has 2 heterocycles. The quantitative estimate of drug-likeness (QED) is 0.795. The van der Waals surface area contributed by atoms with E-state index in [1.807, 2.05) is 0 Å². The van der Waals surface area contributed by atoms with E-state index < -0.39 is 16.6 Å². The molecule has 1 aliphatic rings. The fourth-order valence-electron chi connectivity index (χ4n) is 1.77. The second-order valence-corrected chi connectivity index (χ2v) is 5.30. The molecule has 1 aromatic heterocycles. The van der Waals surface area contributed by atoms with Gasteiger partial charge in [0, 0.05) is 5.75 Å². The van der Waals surface area contributed by atoms with Crippen LogP contribution in [0.1, 0.15) is 12.8 Å². The third-order valence-corrected chi connectivity index (χ3v) is 3.98. The van der Waals surface area contributed by atoms with E-state index in [9.17, 15) is 8.60 Å². The second-order valence-electron chi connectivity index (χ2n) is 3.91. The lowest BCUT2D eigenvalue weighted by Gasteiger charge is -2.21. The third-order valence-electron chi connectivity index (χ3n) is 2.59. The first-order valence-electron chi connectivity index (χ1n) is 5.32. The first kappa shape index (κ1) is 11.6. The van der Waals surface area contributed by atoms with Gasteiger partial charge in [-0.25, -0.2) is 14.4 Å². The van der Waals surface area contributed by atoms with Crippen molar-refractivity contribution in [3.8, 4) is 0 Å². The molecular weight excluding hydrogens is 229 g/mol. The van der Waals surface area contributed by atoms with Gasteiger partial charge in [-0.15, -0.1) is 0 Å². The summed E-state index contributed by atoms with van der Waals surface area (Å²) in [5, 5.41) is 3.49. The minimum absolute atomic E-state index is 0.229. The van der Waals surface area contributed by atoms with Crippen molar-refractivity contribution in [3.63, 3.8) is 0 Å². The molecule has 1 aliphatic heterocycles. The van der Waals surface area contributed by atoms with Gasteiger partial charge < -0.3 is 5.32 Å². The number of halogens is 1. The molecule has 0 bridgehead atoms. The van der Waals surface area contributed by atoms with Crippen LogP contribution >= 0.6 is 0 Å². The lowest BCUT2D eigenvalue weighted by molar-refractivity contribution is 0.407. The molecule has 0 unspecified atom stereocenters. The van der Waals surface area contributed by atoms with Crippen molar-refractivity contribution in [1.29, 1.82) is 0 Å². The second kappa shape index (κ2) is 5.45. The van der Waals surface area contributed by atoms with Crippen LogP contribution in [0.3, 0.4) is 0 Å². The van der Waals surface area contributed by atoms with Crippen LogP contribution < -0.4 is 5.32 Å². The average molecular weight is 243 g/mol. The van der Waals surface area contributed by atoms with Gasteiger partial charge in [-0.05, 0) is 31.8 Å². The zero-order valence-electron chi connectivity index (χ0n) is 8.86. The Bertz CT molecular complexity index is 365. The van der Waals surface area contributed by atoms with E-state index in [-0.39, 0.29) is 5.16 Å². The molecule has 16 heavy (non-hydrogen) atoms. The van der Waals surface area contributed by atoms with Crippen molar-refractivity contribution < 1.29 is 8.60 Å². The molecule has 4 nitrogen and oxygen atoms in total. The van der Waals surface area contributed by atoms with E-state index in [4.69, 9.17) is 0 Å². The maximum atomic E-state index is 12.6. The minimum Gasteiger partial charge on any atom is -0.316 e. The maximum absolute atomic E-state index is 12.6. The largest absolute Gasteiger partial charge is 0.316 e. The molecule has 0 saturated carbocycles. The molecule has 0 amide bonds. The lowest BCUT2D eigenvalue weighted by atomic mass is 10.0. The van der Waals surface area contributed by atoms with E-state index in [0.717, 1.165) is 38.3 Å². The zero-order valence-corrected chi connectivity index (χ0v) is 9.67. The van der Waals surface area contributed by atoms with Crippen LogP contribution in [0.4, 0.5) is 4.39 Å². The van der Waals surface area contributed by atoms with Gasteiger partial charge in [0.25, 0.3) is 0 Å². The van der Waals surface area contributed by atoms with Crippen LogP contribution in [0.5, 0.6) is 0 Å². The molecule has 1 aromatic rings. The standard InChI is InChI=1S/C10H14FN3OS/c11-9-5-13-10(14-6-9)16(15)7-8-2-1-3-12-4-8/h5-6,8,12H,1-4,7H2/t8-,16+/m0/s1. The van der Waals surface area contributed by atoms with E-state index >= 15 is 0 Å². The number of rotatable bonds is 3. The van der Waals surface area contributed by atoms with Crippen molar-refractivity contribution >= 4 is 10.8 Å². The van der Waals surface area contributed by atoms with Gasteiger partial charge in [0.1, 0.15) is 0 Å². The summed E-state index contributed by atoms with van der Waals surface area (Å²) >= 11 is 0. The fraction of sp³-hybridized carbons (Fsp3) is 0.600. The zero-order chi connectivity index (χ0) is 11.4. The van der Waals surface area contributed by atoms with Gasteiger partial charge >= 0.3 is 0 Å². The van der Waals surface area contributed by atoms with Crippen LogP contribution in [-0.4, -0.2) is 33.0 Å². The Kier molecular flexibility index (Phi) is 3.95. The van der Waals surface area contributed by atoms with Crippen molar-refractivity contribution in [2.24, 2.45) is 5.92 Å². The van der Waals surface area contributed by atoms with E-state index in [1.54, 1.807) is 0 Å². The van der Waals surface area contributed by atoms with Gasteiger partial charge in [0.2, 0.25) is 5.16 Å². The average Bonchev–Trinajstić information content (AvgIpc) is 2.31. The topological polar surface area (TPSA) is 54.9 Å². The van der Waals surface area contributed by atoms with Crippen molar-refractivity contribution in [1.82, 2.24) is 15.3 Å². The highest BCUT2D eigenvalue weighted by molar-refractivity contribution is 7.84. The van der Waals surface area contributed by atoms with E-state index in [1.165, 1.54) is 0 Å². The molecule has 2 atom stereocenters. The molecule has 1 fully saturated rings. The highest BCUT2D eigenvalue weighted by Gasteiger charge is 2.18. The molecule has 1 N–H and O–H groups in total. The smallest absolute Gasteiger partial charge is 0.218 e. The Morgan fingerprint density at radius 1 is 1.50 bits per heavy atom. The molecule has 0 radical (unpaired) electrons. The molecule has 6 heteroatoms. The highest BCUT2D eigenvalue weighted by atomic mass is 32.2. The fourth-order valence-corrected chi connectivity index (χ4v) is 2.98. The Balaban J connectivity index is 1.94. The van der Waals surface area contributed by atoms with Crippen LogP contribution in [0, 0.1) is 11.7 Å². The SMILES string of the molecule is O=[S@](C[C@H]1CCCNC1)c1ncc(F)cn1. The molecular formula is C10H14FN3OS. The number of nitrogens with zero attached hydrogens (tertiary/aromatic N) is 2. The van der Waals surface area contributed by atoms with Gasteiger partial charge in [0.05, 0.1) is 23.2 Å². The first-order chi connectivity index (χ1) is 7.75. The number of hydrogen-bond acceptors (Lipinski definition) is 4. The molecule has 2 rings (SSSR count). The monoisotopic (exact) mass is 243 g/mol. The normalized spacial score (nSPS) is 22.9. The highest BCUT2D eigenvalue weighted by Crippen LogP contribution is 2.13. The number of nitrogens with one attached hydrogen (secondary N) is 1. The van der Waals surface area contributed by atoms with Crippen LogP contribution in [0.15, 0.2) is 17.6 Å². The Labute approximate surface area is 96.1 Å². The Morgan fingerprint density at radius 2 is 2.25 bits per heavy atom. The summed E-state index contributed by atoms with van der Waals surface area (Å²) in [6.45, 7) is 1.93. The summed E-state index contributed by atoms with van der Waals surface area (Å²) in [5.74, 6) is 0.460. The third kappa shape index (κ3) is 3.05. The minimum atomic E-state index is -1.22. The first-order valence-corrected chi connectivity index (χ1v) is 6.64. The van der Waals surface area contributed by atoms with Crippen molar-refractivity contribution in [2.45, 2.75) is 18.0 Å². The number of piperidine rings is 1. The summed E-state index contributed by atoms with van der Waals surface area (Å²) in [6, 6.07) is 0. The van der Waals surface area contributed by atoms with Crippen molar-refractivity contribution in [2.75, 3.05) is 18.8 Å². The van der Waals surface area contributed by atoms with Crippen molar-refractivity contribution in [3.05, 3.63) is 18.2 Å².